The molecule has 0 radical (unpaired) electrons. The molecule has 0 atom stereocenters. The predicted molar refractivity (Wildman–Crippen MR) is 52.5 cm³/mol. The van der Waals surface area contributed by atoms with Crippen LogP contribution in [-0.2, 0) is 0 Å². The smallest absolute Gasteiger partial charge is 0.0831 e. The fraction of sp³-hybridized carbons (Fsp3) is 0. The number of rotatable bonds is 2. The van der Waals surface area contributed by atoms with E-state index in [1.165, 1.54) is 0 Å². The third-order valence-corrected chi connectivity index (χ3v) is 1.48. The minimum atomic E-state index is 1.01. The summed E-state index contributed by atoms with van der Waals surface area (Å²) < 4.78 is 3.86. The van der Waals surface area contributed by atoms with Crippen molar-refractivity contribution in [3.63, 3.8) is 0 Å². The zero-order valence-electron chi connectivity index (χ0n) is 5.34. The Hall–Kier alpha value is -0.580. The van der Waals surface area contributed by atoms with Crippen LogP contribution in [0.4, 0.5) is 0 Å². The molecule has 0 aliphatic rings. The maximum Gasteiger partial charge on any atom is 0.0831 e. The summed E-state index contributed by atoms with van der Waals surface area (Å²) in [5, 5.41) is 0. The van der Waals surface area contributed by atoms with Gasteiger partial charge in [0, 0.05) is 23.7 Å². The second-order valence-corrected chi connectivity index (χ2v) is 2.33. The second-order valence-electron chi connectivity index (χ2n) is 1.78. The molecule has 0 unspecified atom stereocenters. The van der Waals surface area contributed by atoms with Crippen molar-refractivity contribution in [2.24, 2.45) is 3.21 Å². The van der Waals surface area contributed by atoms with Crippen LogP contribution < -0.4 is 0 Å². The van der Waals surface area contributed by atoms with Crippen molar-refractivity contribution < 1.29 is 0 Å². The van der Waals surface area contributed by atoms with Crippen LogP contribution in [0.15, 0.2) is 22.0 Å². The number of halogens is 1. The van der Waals surface area contributed by atoms with Crippen molar-refractivity contribution in [1.29, 1.82) is 0 Å². The monoisotopic (exact) mass is 246 g/mol. The summed E-state index contributed by atoms with van der Waals surface area (Å²) in [7, 11) is 0. The molecule has 1 aromatic rings. The number of hydrogen-bond acceptors (Lipinski definition) is 1. The Labute approximate surface area is 73.6 Å². The van der Waals surface area contributed by atoms with E-state index in [0.29, 0.717) is 0 Å². The first-order valence-electron chi connectivity index (χ1n) is 2.82. The molecule has 3 heteroatoms. The van der Waals surface area contributed by atoms with Gasteiger partial charge in [-0.15, -0.1) is 0 Å². The van der Waals surface area contributed by atoms with Crippen molar-refractivity contribution >= 4 is 35.2 Å². The van der Waals surface area contributed by atoms with Crippen molar-refractivity contribution in [2.45, 2.75) is 0 Å². The molecule has 0 saturated heterocycles. The molecule has 0 amide bonds. The zero-order chi connectivity index (χ0) is 7.40. The minimum absolute atomic E-state index is 1.01. The van der Waals surface area contributed by atoms with Crippen LogP contribution in [0.5, 0.6) is 0 Å². The molecule has 0 fully saturated rings. The molecule has 1 heterocycles. The average Bonchev–Trinajstić information content (AvgIpc) is 2.36. The first-order chi connectivity index (χ1) is 4.88. The number of aromatic amines is 1. The highest BCUT2D eigenvalue weighted by Gasteiger charge is 1.93. The topological polar surface area (TPSA) is 28.1 Å². The summed E-state index contributed by atoms with van der Waals surface area (Å²) in [6.45, 7) is 3.65. The third-order valence-electron chi connectivity index (χ3n) is 1.20. The fourth-order valence-electron chi connectivity index (χ4n) is 0.736. The van der Waals surface area contributed by atoms with Crippen molar-refractivity contribution in [3.8, 4) is 0 Å². The van der Waals surface area contributed by atoms with Crippen LogP contribution in [-0.4, -0.2) is 11.2 Å². The van der Waals surface area contributed by atoms with Crippen LogP contribution in [0.2, 0.25) is 0 Å². The van der Waals surface area contributed by atoms with Crippen molar-refractivity contribution in [3.05, 3.63) is 30.1 Å². The Morgan fingerprint density at radius 2 is 2.50 bits per heavy atom. The third kappa shape index (κ3) is 1.47. The second kappa shape index (κ2) is 3.55. The summed E-state index contributed by atoms with van der Waals surface area (Å²) in [6, 6.07) is 1.96. The Balaban J connectivity index is 3.00. The summed E-state index contributed by atoms with van der Waals surface area (Å²) in [4.78, 5) is 3.03. The molecule has 0 aliphatic heterocycles. The Morgan fingerprint density at radius 1 is 1.70 bits per heavy atom. The van der Waals surface area contributed by atoms with E-state index < -0.39 is 0 Å². The highest BCUT2D eigenvalue weighted by atomic mass is 127. The first-order valence-corrected chi connectivity index (χ1v) is 3.79. The molecular formula is C7H7IN2. The molecule has 1 aromatic heterocycles. The molecule has 10 heavy (non-hydrogen) atoms. The number of aromatic nitrogens is 1. The van der Waals surface area contributed by atoms with Gasteiger partial charge in [-0.3, -0.25) is 0 Å². The number of nitrogens with one attached hydrogen (secondary N) is 1. The standard InChI is InChI=1S/C7H7IN2/c1-2-7-6(5-10-8)3-4-9-7/h2-5,9H,1H2. The Bertz CT molecular complexity index is 250. The van der Waals surface area contributed by atoms with Crippen molar-refractivity contribution in [2.75, 3.05) is 0 Å². The van der Waals surface area contributed by atoms with Gasteiger partial charge in [-0.1, -0.05) is 6.58 Å². The number of nitrogens with zero attached hydrogens (tertiary/aromatic N) is 1. The highest BCUT2D eigenvalue weighted by Crippen LogP contribution is 2.05. The maximum atomic E-state index is 3.86. The molecule has 0 aromatic carbocycles. The van der Waals surface area contributed by atoms with E-state index in [4.69, 9.17) is 0 Å². The van der Waals surface area contributed by atoms with Gasteiger partial charge >= 0.3 is 0 Å². The van der Waals surface area contributed by atoms with Crippen LogP contribution in [0.1, 0.15) is 11.3 Å². The van der Waals surface area contributed by atoms with Crippen molar-refractivity contribution in [1.82, 2.24) is 4.98 Å². The number of H-pyrrole nitrogens is 1. The normalized spacial score (nSPS) is 10.5. The van der Waals surface area contributed by atoms with Gasteiger partial charge in [0.1, 0.15) is 0 Å². The summed E-state index contributed by atoms with van der Waals surface area (Å²) >= 11 is 1.94. The lowest BCUT2D eigenvalue weighted by Crippen LogP contribution is -1.78. The van der Waals surface area contributed by atoms with Gasteiger partial charge in [-0.2, -0.15) is 0 Å². The van der Waals surface area contributed by atoms with E-state index in [9.17, 15) is 0 Å². The lowest BCUT2D eigenvalue weighted by Gasteiger charge is -1.86. The molecule has 0 saturated carbocycles. The maximum absolute atomic E-state index is 3.86. The highest BCUT2D eigenvalue weighted by molar-refractivity contribution is 14.1. The predicted octanol–water partition coefficient (Wildman–Crippen LogP) is 2.43. The van der Waals surface area contributed by atoms with Gasteiger partial charge in [0.05, 0.1) is 22.9 Å². The van der Waals surface area contributed by atoms with Gasteiger partial charge < -0.3 is 4.98 Å². The quantitative estimate of drug-likeness (QED) is 0.613. The summed E-state index contributed by atoms with van der Waals surface area (Å²) in [6.07, 6.45) is 5.42. The molecule has 2 nitrogen and oxygen atoms in total. The van der Waals surface area contributed by atoms with Gasteiger partial charge in [-0.25, -0.2) is 3.21 Å². The molecule has 0 aliphatic carbocycles. The van der Waals surface area contributed by atoms with E-state index in [1.807, 2.05) is 35.1 Å². The van der Waals surface area contributed by atoms with Crippen LogP contribution in [0.25, 0.3) is 6.08 Å². The van der Waals surface area contributed by atoms with E-state index in [-0.39, 0.29) is 0 Å². The lowest BCUT2D eigenvalue weighted by atomic mass is 10.2. The van der Waals surface area contributed by atoms with Gasteiger partial charge in [0.25, 0.3) is 0 Å². The SMILES string of the molecule is C=Cc1[nH]ccc1C=NI. The van der Waals surface area contributed by atoms with E-state index in [0.717, 1.165) is 11.3 Å². The largest absolute Gasteiger partial charge is 0.361 e. The molecule has 0 spiro atoms. The van der Waals surface area contributed by atoms with Gasteiger partial charge in [0.2, 0.25) is 0 Å². The molecule has 0 bridgehead atoms. The fourth-order valence-corrected chi connectivity index (χ4v) is 1.04. The van der Waals surface area contributed by atoms with Gasteiger partial charge in [0.15, 0.2) is 0 Å². The van der Waals surface area contributed by atoms with Crippen LogP contribution in [0, 0.1) is 0 Å². The molecular weight excluding hydrogens is 239 g/mol. The van der Waals surface area contributed by atoms with Crippen LogP contribution in [0.3, 0.4) is 0 Å². The van der Waals surface area contributed by atoms with E-state index in [2.05, 4.69) is 14.8 Å². The average molecular weight is 246 g/mol. The lowest BCUT2D eigenvalue weighted by molar-refractivity contribution is 1.38. The molecule has 1 N–H and O–H groups in total. The zero-order valence-corrected chi connectivity index (χ0v) is 7.50. The Kier molecular flexibility index (Phi) is 2.68. The van der Waals surface area contributed by atoms with Gasteiger partial charge in [-0.05, 0) is 12.1 Å². The molecule has 1 rings (SSSR count). The summed E-state index contributed by atoms with van der Waals surface area (Å²) in [5.41, 5.74) is 2.09. The summed E-state index contributed by atoms with van der Waals surface area (Å²) in [5.74, 6) is 0. The minimum Gasteiger partial charge on any atom is -0.361 e. The Morgan fingerprint density at radius 3 is 3.10 bits per heavy atom. The van der Waals surface area contributed by atoms with E-state index >= 15 is 0 Å². The first kappa shape index (κ1) is 7.53. The molecule has 52 valence electrons. The van der Waals surface area contributed by atoms with E-state index in [1.54, 1.807) is 12.3 Å². The van der Waals surface area contributed by atoms with Crippen LogP contribution >= 0.6 is 22.9 Å². The number of hydrogen-bond donors (Lipinski definition) is 1.